The lowest BCUT2D eigenvalue weighted by Gasteiger charge is -2.16. The van der Waals surface area contributed by atoms with Crippen LogP contribution in [0.25, 0.3) is 0 Å². The third-order valence-corrected chi connectivity index (χ3v) is 2.38. The fraction of sp³-hybridized carbons (Fsp3) is 0.583. The lowest BCUT2D eigenvalue weighted by Crippen LogP contribution is -2.41. The van der Waals surface area contributed by atoms with Crippen molar-refractivity contribution in [2.45, 2.75) is 46.7 Å². The van der Waals surface area contributed by atoms with Crippen molar-refractivity contribution in [3.63, 3.8) is 0 Å². The van der Waals surface area contributed by atoms with E-state index >= 15 is 0 Å². The number of amides is 1. The molecule has 0 fully saturated rings. The molecular formula is C12H20N4O. The number of hydrogen-bond acceptors (Lipinski definition) is 4. The van der Waals surface area contributed by atoms with Crippen LogP contribution in [-0.2, 0) is 4.79 Å². The molecule has 5 nitrogen and oxygen atoms in total. The summed E-state index contributed by atoms with van der Waals surface area (Å²) in [5, 5.41) is 5.87. The van der Waals surface area contributed by atoms with Gasteiger partial charge >= 0.3 is 0 Å². The molecule has 0 bridgehead atoms. The molecule has 0 aliphatic carbocycles. The summed E-state index contributed by atoms with van der Waals surface area (Å²) in [6.45, 7) is 9.46. The molecule has 1 heterocycles. The fourth-order valence-corrected chi connectivity index (χ4v) is 1.31. The van der Waals surface area contributed by atoms with Gasteiger partial charge in [0.2, 0.25) is 5.91 Å². The molecule has 1 aromatic rings. The summed E-state index contributed by atoms with van der Waals surface area (Å²) >= 11 is 0. The number of rotatable bonds is 4. The molecule has 5 heteroatoms. The van der Waals surface area contributed by atoms with Crippen molar-refractivity contribution in [2.75, 3.05) is 5.32 Å². The van der Waals surface area contributed by atoms with Gasteiger partial charge in [-0.3, -0.25) is 9.78 Å². The summed E-state index contributed by atoms with van der Waals surface area (Å²) in [6.07, 6.45) is 1.64. The third-order valence-electron chi connectivity index (χ3n) is 2.38. The van der Waals surface area contributed by atoms with Gasteiger partial charge in [0.1, 0.15) is 11.9 Å². The van der Waals surface area contributed by atoms with Gasteiger partial charge < -0.3 is 10.6 Å². The van der Waals surface area contributed by atoms with Crippen molar-refractivity contribution in [3.05, 3.63) is 17.6 Å². The van der Waals surface area contributed by atoms with Crippen molar-refractivity contribution < 1.29 is 4.79 Å². The van der Waals surface area contributed by atoms with Crippen LogP contribution in [0, 0.1) is 13.8 Å². The van der Waals surface area contributed by atoms with Gasteiger partial charge in [0.25, 0.3) is 0 Å². The number of aromatic nitrogens is 2. The Morgan fingerprint density at radius 1 is 1.24 bits per heavy atom. The molecule has 1 amide bonds. The zero-order valence-corrected chi connectivity index (χ0v) is 11.0. The number of nitrogens with one attached hydrogen (secondary N) is 2. The van der Waals surface area contributed by atoms with Crippen molar-refractivity contribution in [3.8, 4) is 0 Å². The number of carbonyl (C=O) groups is 1. The molecule has 0 saturated heterocycles. The van der Waals surface area contributed by atoms with E-state index in [2.05, 4.69) is 20.6 Å². The number of hydrogen-bond donors (Lipinski definition) is 2. The lowest BCUT2D eigenvalue weighted by molar-refractivity contribution is -0.122. The van der Waals surface area contributed by atoms with Gasteiger partial charge in [0.15, 0.2) is 0 Å². The predicted octanol–water partition coefficient (Wildman–Crippen LogP) is 1.42. The highest BCUT2D eigenvalue weighted by atomic mass is 16.2. The number of carbonyl (C=O) groups excluding carboxylic acids is 1. The molecule has 94 valence electrons. The molecular weight excluding hydrogens is 216 g/mol. The zero-order valence-electron chi connectivity index (χ0n) is 11.0. The average molecular weight is 236 g/mol. The highest BCUT2D eigenvalue weighted by Gasteiger charge is 2.14. The van der Waals surface area contributed by atoms with Crippen LogP contribution in [0.15, 0.2) is 6.20 Å². The normalized spacial score (nSPS) is 12.4. The van der Waals surface area contributed by atoms with Crippen LogP contribution in [0.5, 0.6) is 0 Å². The van der Waals surface area contributed by atoms with Gasteiger partial charge in [-0.15, -0.1) is 0 Å². The van der Waals surface area contributed by atoms with Crippen molar-refractivity contribution >= 4 is 11.7 Å². The molecule has 0 aliphatic rings. The second kappa shape index (κ2) is 5.61. The fourth-order valence-electron chi connectivity index (χ4n) is 1.31. The van der Waals surface area contributed by atoms with E-state index in [-0.39, 0.29) is 18.0 Å². The summed E-state index contributed by atoms with van der Waals surface area (Å²) in [5.41, 5.74) is 1.77. The minimum atomic E-state index is -0.325. The molecule has 0 saturated carbocycles. The highest BCUT2D eigenvalue weighted by molar-refractivity contribution is 5.84. The Morgan fingerprint density at radius 2 is 1.88 bits per heavy atom. The molecule has 2 N–H and O–H groups in total. The van der Waals surface area contributed by atoms with Gasteiger partial charge in [-0.1, -0.05) is 0 Å². The van der Waals surface area contributed by atoms with E-state index in [0.717, 1.165) is 11.4 Å². The minimum absolute atomic E-state index is 0.0416. The van der Waals surface area contributed by atoms with Crippen LogP contribution >= 0.6 is 0 Å². The quantitative estimate of drug-likeness (QED) is 0.829. The van der Waals surface area contributed by atoms with E-state index in [1.54, 1.807) is 13.1 Å². The van der Waals surface area contributed by atoms with Crippen LogP contribution < -0.4 is 10.6 Å². The Balaban J connectivity index is 2.64. The Morgan fingerprint density at radius 3 is 2.41 bits per heavy atom. The first-order chi connectivity index (χ1) is 7.90. The van der Waals surface area contributed by atoms with Gasteiger partial charge in [-0.25, -0.2) is 4.98 Å². The van der Waals surface area contributed by atoms with Crippen LogP contribution in [0.3, 0.4) is 0 Å². The second-order valence-corrected chi connectivity index (χ2v) is 4.46. The first-order valence-corrected chi connectivity index (χ1v) is 5.77. The summed E-state index contributed by atoms with van der Waals surface area (Å²) < 4.78 is 0. The summed E-state index contributed by atoms with van der Waals surface area (Å²) in [6, 6.07) is -0.189. The van der Waals surface area contributed by atoms with E-state index in [9.17, 15) is 4.79 Å². The Bertz CT molecular complexity index is 403. The summed E-state index contributed by atoms with van der Waals surface area (Å²) in [5.74, 6) is 0.583. The van der Waals surface area contributed by atoms with Crippen molar-refractivity contribution in [1.82, 2.24) is 15.3 Å². The molecule has 1 rings (SSSR count). The topological polar surface area (TPSA) is 66.9 Å². The Hall–Kier alpha value is -1.65. The first-order valence-electron chi connectivity index (χ1n) is 5.77. The molecule has 0 aliphatic heterocycles. The predicted molar refractivity (Wildman–Crippen MR) is 67.9 cm³/mol. The maximum absolute atomic E-state index is 11.7. The SMILES string of the molecule is Cc1ncc(NC(C)C(=O)NC(C)C)nc1C. The average Bonchev–Trinajstić information content (AvgIpc) is 2.22. The highest BCUT2D eigenvalue weighted by Crippen LogP contribution is 2.07. The van der Waals surface area contributed by atoms with Crippen LogP contribution in [0.1, 0.15) is 32.2 Å². The van der Waals surface area contributed by atoms with Crippen LogP contribution in [0.2, 0.25) is 0 Å². The van der Waals surface area contributed by atoms with Gasteiger partial charge in [0.05, 0.1) is 17.6 Å². The second-order valence-electron chi connectivity index (χ2n) is 4.46. The summed E-state index contributed by atoms with van der Waals surface area (Å²) in [4.78, 5) is 20.2. The van der Waals surface area contributed by atoms with Crippen molar-refractivity contribution in [1.29, 1.82) is 0 Å². The molecule has 0 radical (unpaired) electrons. The number of nitrogens with zero attached hydrogens (tertiary/aromatic N) is 2. The van der Waals surface area contributed by atoms with E-state index in [4.69, 9.17) is 0 Å². The monoisotopic (exact) mass is 236 g/mol. The molecule has 1 aromatic heterocycles. The van der Waals surface area contributed by atoms with Crippen molar-refractivity contribution in [2.24, 2.45) is 0 Å². The standard InChI is InChI=1S/C12H20N4O/c1-7(2)14-12(17)10(5)16-11-6-13-8(3)9(4)15-11/h6-7,10H,1-5H3,(H,14,17)(H,15,16). The smallest absolute Gasteiger partial charge is 0.242 e. The van der Waals surface area contributed by atoms with Gasteiger partial charge in [-0.2, -0.15) is 0 Å². The number of anilines is 1. The van der Waals surface area contributed by atoms with E-state index in [1.807, 2.05) is 27.7 Å². The maximum Gasteiger partial charge on any atom is 0.242 e. The minimum Gasteiger partial charge on any atom is -0.357 e. The summed E-state index contributed by atoms with van der Waals surface area (Å²) in [7, 11) is 0. The molecule has 1 unspecified atom stereocenters. The molecule has 0 spiro atoms. The molecule has 1 atom stereocenters. The van der Waals surface area contributed by atoms with Gasteiger partial charge in [0, 0.05) is 6.04 Å². The van der Waals surface area contributed by atoms with Gasteiger partial charge in [-0.05, 0) is 34.6 Å². The van der Waals surface area contributed by atoms with E-state index < -0.39 is 0 Å². The zero-order chi connectivity index (χ0) is 13.0. The molecule has 17 heavy (non-hydrogen) atoms. The maximum atomic E-state index is 11.7. The Kier molecular flexibility index (Phi) is 4.43. The van der Waals surface area contributed by atoms with E-state index in [0.29, 0.717) is 5.82 Å². The third kappa shape index (κ3) is 4.01. The van der Waals surface area contributed by atoms with Crippen LogP contribution in [0.4, 0.5) is 5.82 Å². The number of aryl methyl sites for hydroxylation is 2. The van der Waals surface area contributed by atoms with Crippen LogP contribution in [-0.4, -0.2) is 28.0 Å². The Labute approximate surface area is 102 Å². The lowest BCUT2D eigenvalue weighted by atomic mass is 10.3. The largest absolute Gasteiger partial charge is 0.357 e. The molecule has 0 aromatic carbocycles. The van der Waals surface area contributed by atoms with E-state index in [1.165, 1.54) is 0 Å². The first kappa shape index (κ1) is 13.4.